The minimum Gasteiger partial charge on any atom is -0.464 e. The van der Waals surface area contributed by atoms with Crippen LogP contribution in [-0.2, 0) is 4.74 Å². The van der Waals surface area contributed by atoms with Gasteiger partial charge >= 0.3 is 5.97 Å². The molecule has 4 aromatic rings. The summed E-state index contributed by atoms with van der Waals surface area (Å²) in [6.07, 6.45) is 1.51. The summed E-state index contributed by atoms with van der Waals surface area (Å²) in [5, 5.41) is 26.7. The average molecular weight is 409 g/mol. The molecule has 0 saturated carbocycles. The number of hydrogen-bond donors (Lipinski definition) is 0. The van der Waals surface area contributed by atoms with Crippen LogP contribution in [0.2, 0.25) is 0 Å². The smallest absolute Gasteiger partial charge is 0.361 e. The summed E-state index contributed by atoms with van der Waals surface area (Å²) >= 11 is 0. The van der Waals surface area contributed by atoms with E-state index in [1.54, 1.807) is 0 Å². The van der Waals surface area contributed by atoms with E-state index in [9.17, 15) is 19.3 Å². The molecule has 2 heterocycles. The fourth-order valence-corrected chi connectivity index (χ4v) is 2.73. The van der Waals surface area contributed by atoms with Crippen LogP contribution in [0.25, 0.3) is 22.8 Å². The van der Waals surface area contributed by atoms with Crippen LogP contribution >= 0.6 is 0 Å². The Kier molecular flexibility index (Phi) is 4.72. The molecule has 0 bridgehead atoms. The Labute approximate surface area is 167 Å². The Balaban J connectivity index is 1.80. The Bertz CT molecular complexity index is 1230. The lowest BCUT2D eigenvalue weighted by molar-refractivity contribution is -0.384. The number of aromatic nitrogens is 6. The van der Waals surface area contributed by atoms with Crippen LogP contribution in [0.3, 0.4) is 0 Å². The number of methoxy groups -OCH3 is 1. The summed E-state index contributed by atoms with van der Waals surface area (Å²) in [6, 6.07) is 11.1. The van der Waals surface area contributed by atoms with Crippen molar-refractivity contribution in [3.05, 3.63) is 76.4 Å². The van der Waals surface area contributed by atoms with Crippen molar-refractivity contribution in [2.45, 2.75) is 0 Å². The molecular weight excluding hydrogens is 397 g/mol. The third kappa shape index (κ3) is 3.37. The van der Waals surface area contributed by atoms with Crippen LogP contribution in [0, 0.1) is 15.9 Å². The first-order valence-electron chi connectivity index (χ1n) is 8.45. The fourth-order valence-electron chi connectivity index (χ4n) is 2.73. The molecule has 0 aliphatic carbocycles. The van der Waals surface area contributed by atoms with Gasteiger partial charge < -0.3 is 4.74 Å². The number of halogens is 1. The first-order valence-corrected chi connectivity index (χ1v) is 8.45. The highest BCUT2D eigenvalue weighted by Gasteiger charge is 2.25. The molecule has 2 aromatic heterocycles. The Morgan fingerprint density at radius 2 is 1.70 bits per heavy atom. The third-order valence-corrected chi connectivity index (χ3v) is 4.18. The zero-order valence-electron chi connectivity index (χ0n) is 15.3. The van der Waals surface area contributed by atoms with Crippen molar-refractivity contribution in [2.75, 3.05) is 7.11 Å². The molecule has 2 aromatic carbocycles. The molecule has 0 spiro atoms. The number of nitrogens with zero attached hydrogens (tertiary/aromatic N) is 7. The van der Waals surface area contributed by atoms with Gasteiger partial charge in [-0.1, -0.05) is 10.4 Å². The zero-order chi connectivity index (χ0) is 21.3. The van der Waals surface area contributed by atoms with E-state index in [2.05, 4.69) is 20.6 Å². The van der Waals surface area contributed by atoms with Crippen LogP contribution in [0.5, 0.6) is 0 Å². The third-order valence-electron chi connectivity index (χ3n) is 4.18. The largest absolute Gasteiger partial charge is 0.464 e. The number of esters is 1. The molecule has 0 atom stereocenters. The van der Waals surface area contributed by atoms with Crippen LogP contribution in [0.4, 0.5) is 10.1 Å². The summed E-state index contributed by atoms with van der Waals surface area (Å²) in [7, 11) is 1.21. The van der Waals surface area contributed by atoms with Gasteiger partial charge in [0.2, 0.25) is 5.69 Å². The second-order valence-corrected chi connectivity index (χ2v) is 5.99. The van der Waals surface area contributed by atoms with Crippen molar-refractivity contribution < 1.29 is 18.8 Å². The highest BCUT2D eigenvalue weighted by molar-refractivity contribution is 5.93. The number of benzene rings is 2. The minimum atomic E-state index is -0.733. The van der Waals surface area contributed by atoms with Crippen molar-refractivity contribution in [3.8, 4) is 22.8 Å². The molecule has 0 unspecified atom stereocenters. The highest BCUT2D eigenvalue weighted by Crippen LogP contribution is 2.25. The van der Waals surface area contributed by atoms with E-state index in [0.29, 0.717) is 11.4 Å². The quantitative estimate of drug-likeness (QED) is 0.279. The molecule has 0 N–H and O–H groups in total. The topological polar surface area (TPSA) is 131 Å². The standard InChI is InChI=1S/C18H12FN7O4/c1-30-18(27)16-17(25(23-21-16)13-4-2-11(19)3-5-13)15-10-24(22-20-15)12-6-8-14(9-7-12)26(28)29/h2-10H,1H3. The van der Waals surface area contributed by atoms with Crippen LogP contribution in [0.1, 0.15) is 10.5 Å². The van der Waals surface area contributed by atoms with Crippen molar-refractivity contribution in [3.63, 3.8) is 0 Å². The van der Waals surface area contributed by atoms with E-state index in [4.69, 9.17) is 4.74 Å². The van der Waals surface area contributed by atoms with Gasteiger partial charge in [0, 0.05) is 12.1 Å². The molecule has 0 aliphatic rings. The lowest BCUT2D eigenvalue weighted by Gasteiger charge is -2.05. The summed E-state index contributed by atoms with van der Waals surface area (Å²) in [5.41, 5.74) is 1.23. The summed E-state index contributed by atoms with van der Waals surface area (Å²) in [4.78, 5) is 22.5. The Hall–Kier alpha value is -4.48. The van der Waals surface area contributed by atoms with Gasteiger partial charge in [-0.3, -0.25) is 10.1 Å². The van der Waals surface area contributed by atoms with Crippen LogP contribution in [-0.4, -0.2) is 48.0 Å². The molecule has 150 valence electrons. The first-order chi connectivity index (χ1) is 14.5. The predicted molar refractivity (Wildman–Crippen MR) is 99.7 cm³/mol. The first kappa shape index (κ1) is 18.9. The number of hydrogen-bond acceptors (Lipinski definition) is 8. The van der Waals surface area contributed by atoms with Gasteiger partial charge in [0.15, 0.2) is 0 Å². The molecular formula is C18H12FN7O4. The van der Waals surface area contributed by atoms with Gasteiger partial charge in [0.05, 0.1) is 29.6 Å². The Morgan fingerprint density at radius 3 is 2.33 bits per heavy atom. The average Bonchev–Trinajstić information content (AvgIpc) is 3.41. The van der Waals surface area contributed by atoms with E-state index >= 15 is 0 Å². The second kappa shape index (κ2) is 7.50. The molecule has 0 aliphatic heterocycles. The minimum absolute atomic E-state index is 0.0642. The maximum Gasteiger partial charge on any atom is 0.361 e. The maximum atomic E-state index is 13.3. The van der Waals surface area contributed by atoms with Crippen molar-refractivity contribution in [2.24, 2.45) is 0 Å². The van der Waals surface area contributed by atoms with E-state index in [-0.39, 0.29) is 22.8 Å². The van der Waals surface area contributed by atoms with Gasteiger partial charge in [-0.05, 0) is 36.4 Å². The molecule has 0 amide bonds. The van der Waals surface area contributed by atoms with Crippen molar-refractivity contribution in [1.29, 1.82) is 0 Å². The SMILES string of the molecule is COC(=O)c1nnn(-c2ccc(F)cc2)c1-c1cn(-c2ccc([N+](=O)[O-])cc2)nn1. The van der Waals surface area contributed by atoms with Gasteiger partial charge in [-0.15, -0.1) is 10.2 Å². The molecule has 0 radical (unpaired) electrons. The monoisotopic (exact) mass is 409 g/mol. The van der Waals surface area contributed by atoms with Crippen molar-refractivity contribution in [1.82, 2.24) is 30.0 Å². The lowest BCUT2D eigenvalue weighted by atomic mass is 10.2. The molecule has 30 heavy (non-hydrogen) atoms. The second-order valence-electron chi connectivity index (χ2n) is 5.99. The highest BCUT2D eigenvalue weighted by atomic mass is 19.1. The number of ether oxygens (including phenoxy) is 1. The molecule has 12 heteroatoms. The van der Waals surface area contributed by atoms with Gasteiger partial charge in [0.1, 0.15) is 17.2 Å². The number of non-ortho nitro benzene ring substituents is 1. The normalized spacial score (nSPS) is 10.7. The van der Waals surface area contributed by atoms with Crippen LogP contribution in [0.15, 0.2) is 54.7 Å². The zero-order valence-corrected chi connectivity index (χ0v) is 15.3. The summed E-state index contributed by atoms with van der Waals surface area (Å²) < 4.78 is 20.7. The van der Waals surface area contributed by atoms with E-state index < -0.39 is 16.7 Å². The number of carbonyl (C=O) groups is 1. The lowest BCUT2D eigenvalue weighted by Crippen LogP contribution is -2.06. The molecule has 4 rings (SSSR count). The van der Waals surface area contributed by atoms with Gasteiger partial charge in [-0.25, -0.2) is 18.5 Å². The summed E-state index contributed by atoms with van der Waals surface area (Å²) in [5.74, 6) is -1.17. The maximum absolute atomic E-state index is 13.3. The fraction of sp³-hybridized carbons (Fsp3) is 0.0556. The molecule has 0 saturated heterocycles. The van der Waals surface area contributed by atoms with Gasteiger partial charge in [-0.2, -0.15) is 0 Å². The summed E-state index contributed by atoms with van der Waals surface area (Å²) in [6.45, 7) is 0. The van der Waals surface area contributed by atoms with Gasteiger partial charge in [0.25, 0.3) is 5.69 Å². The van der Waals surface area contributed by atoms with E-state index in [1.807, 2.05) is 0 Å². The van der Waals surface area contributed by atoms with E-state index in [0.717, 1.165) is 0 Å². The van der Waals surface area contributed by atoms with Crippen LogP contribution < -0.4 is 0 Å². The molecule has 0 fully saturated rings. The number of carbonyl (C=O) groups excluding carboxylic acids is 1. The number of rotatable bonds is 5. The molecule has 11 nitrogen and oxygen atoms in total. The number of nitro benzene ring substituents is 1. The predicted octanol–water partition coefficient (Wildman–Crippen LogP) is 2.35. The Morgan fingerprint density at radius 1 is 1.03 bits per heavy atom. The van der Waals surface area contributed by atoms with E-state index in [1.165, 1.54) is 71.2 Å². The van der Waals surface area contributed by atoms with Crippen molar-refractivity contribution >= 4 is 11.7 Å². The number of nitro groups is 1.